The molecule has 1 rings (SSSR count). The van der Waals surface area contributed by atoms with Crippen molar-refractivity contribution in [3.05, 3.63) is 23.7 Å². The molecule has 1 amide bonds. The normalized spacial score (nSPS) is 12.7. The van der Waals surface area contributed by atoms with E-state index in [-0.39, 0.29) is 17.1 Å². The number of hydrogen-bond donors (Lipinski definition) is 2. The van der Waals surface area contributed by atoms with Crippen LogP contribution >= 0.6 is 0 Å². The molecule has 0 spiro atoms. The first-order chi connectivity index (χ1) is 8.70. The van der Waals surface area contributed by atoms with Crippen LogP contribution in [0.25, 0.3) is 0 Å². The summed E-state index contributed by atoms with van der Waals surface area (Å²) in [7, 11) is 0. The van der Waals surface area contributed by atoms with E-state index in [9.17, 15) is 4.79 Å². The number of aromatic nitrogens is 2. The molecule has 0 saturated heterocycles. The van der Waals surface area contributed by atoms with Crippen LogP contribution in [-0.2, 0) is 11.3 Å². The molecule has 0 fully saturated rings. The standard InChI is InChI=1S/C13H22N4O2/c1-9(7-19-13(2,3)4)5-6-17-8-16-10(11(17)14)12(15)18/h5,8H,6-7,14H2,1-4H3,(H2,15,18)/b9-5-. The molecule has 0 aromatic carbocycles. The molecule has 106 valence electrons. The van der Waals surface area contributed by atoms with E-state index in [0.29, 0.717) is 13.2 Å². The Kier molecular flexibility index (Phi) is 4.72. The summed E-state index contributed by atoms with van der Waals surface area (Å²) in [6.45, 7) is 9.09. The van der Waals surface area contributed by atoms with Gasteiger partial charge < -0.3 is 20.8 Å². The lowest BCUT2D eigenvalue weighted by Gasteiger charge is -2.19. The minimum Gasteiger partial charge on any atom is -0.383 e. The lowest BCUT2D eigenvalue weighted by atomic mass is 10.2. The Morgan fingerprint density at radius 3 is 2.63 bits per heavy atom. The van der Waals surface area contributed by atoms with Crippen molar-refractivity contribution < 1.29 is 9.53 Å². The van der Waals surface area contributed by atoms with Crippen LogP contribution in [0.1, 0.15) is 38.2 Å². The molecule has 6 nitrogen and oxygen atoms in total. The van der Waals surface area contributed by atoms with Crippen molar-refractivity contribution in [2.45, 2.75) is 39.8 Å². The van der Waals surface area contributed by atoms with Crippen LogP contribution in [0.15, 0.2) is 18.0 Å². The number of carbonyl (C=O) groups excluding carboxylic acids is 1. The zero-order chi connectivity index (χ0) is 14.6. The molecular weight excluding hydrogens is 244 g/mol. The summed E-state index contributed by atoms with van der Waals surface area (Å²) in [6.07, 6.45) is 3.48. The van der Waals surface area contributed by atoms with Gasteiger partial charge in [-0.25, -0.2) is 4.98 Å². The SMILES string of the molecule is C/C(=C/Cn1cnc(C(N)=O)c1N)COC(C)(C)C. The fourth-order valence-corrected chi connectivity index (χ4v) is 1.37. The second kappa shape index (κ2) is 5.88. The van der Waals surface area contributed by atoms with Crippen molar-refractivity contribution in [3.63, 3.8) is 0 Å². The van der Waals surface area contributed by atoms with Gasteiger partial charge in [0.15, 0.2) is 5.69 Å². The first-order valence-corrected chi connectivity index (χ1v) is 6.10. The third kappa shape index (κ3) is 4.75. The number of imidazole rings is 1. The van der Waals surface area contributed by atoms with E-state index in [4.69, 9.17) is 16.2 Å². The summed E-state index contributed by atoms with van der Waals surface area (Å²) in [5, 5.41) is 0. The number of hydrogen-bond acceptors (Lipinski definition) is 4. The number of primary amides is 1. The van der Waals surface area contributed by atoms with Crippen LogP contribution < -0.4 is 11.5 Å². The zero-order valence-electron chi connectivity index (χ0n) is 11.9. The van der Waals surface area contributed by atoms with Gasteiger partial charge in [-0.1, -0.05) is 11.6 Å². The third-order valence-corrected chi connectivity index (χ3v) is 2.48. The average molecular weight is 266 g/mol. The summed E-state index contributed by atoms with van der Waals surface area (Å²) in [4.78, 5) is 14.9. The van der Waals surface area contributed by atoms with Gasteiger partial charge in [0.25, 0.3) is 5.91 Å². The number of carbonyl (C=O) groups is 1. The summed E-state index contributed by atoms with van der Waals surface area (Å²) in [5.41, 5.74) is 12.0. The molecule has 1 aromatic rings. The van der Waals surface area contributed by atoms with Crippen LogP contribution in [0.2, 0.25) is 0 Å². The van der Waals surface area contributed by atoms with E-state index >= 15 is 0 Å². The molecule has 4 N–H and O–H groups in total. The highest BCUT2D eigenvalue weighted by Gasteiger charge is 2.12. The number of nitrogens with two attached hydrogens (primary N) is 2. The molecular formula is C13H22N4O2. The minimum absolute atomic E-state index is 0.108. The fourth-order valence-electron chi connectivity index (χ4n) is 1.37. The number of allylic oxidation sites excluding steroid dienone is 1. The molecule has 0 aliphatic carbocycles. The van der Waals surface area contributed by atoms with Gasteiger partial charge in [0.05, 0.1) is 18.5 Å². The molecule has 0 unspecified atom stereocenters. The smallest absolute Gasteiger partial charge is 0.271 e. The summed E-state index contributed by atoms with van der Waals surface area (Å²) < 4.78 is 7.32. The number of ether oxygens (including phenoxy) is 1. The molecule has 1 aromatic heterocycles. The van der Waals surface area contributed by atoms with E-state index in [2.05, 4.69) is 4.98 Å². The van der Waals surface area contributed by atoms with E-state index in [0.717, 1.165) is 5.57 Å². The maximum Gasteiger partial charge on any atom is 0.271 e. The van der Waals surface area contributed by atoms with E-state index in [1.54, 1.807) is 4.57 Å². The van der Waals surface area contributed by atoms with Crippen LogP contribution in [0.4, 0.5) is 5.82 Å². The topological polar surface area (TPSA) is 96.2 Å². The van der Waals surface area contributed by atoms with Crippen molar-refractivity contribution in [1.29, 1.82) is 0 Å². The lowest BCUT2D eigenvalue weighted by molar-refractivity contribution is 0.0110. The molecule has 0 radical (unpaired) electrons. The van der Waals surface area contributed by atoms with E-state index in [1.165, 1.54) is 6.33 Å². The van der Waals surface area contributed by atoms with Crippen LogP contribution in [0.3, 0.4) is 0 Å². The lowest BCUT2D eigenvalue weighted by Crippen LogP contribution is -2.20. The average Bonchev–Trinajstić information content (AvgIpc) is 2.64. The predicted octanol–water partition coefficient (Wildman–Crippen LogP) is 1.33. The minimum atomic E-state index is -0.618. The largest absolute Gasteiger partial charge is 0.383 e. The van der Waals surface area contributed by atoms with Gasteiger partial charge in [0, 0.05) is 6.54 Å². The molecule has 19 heavy (non-hydrogen) atoms. The summed E-state index contributed by atoms with van der Waals surface area (Å²) in [5.74, 6) is -0.332. The van der Waals surface area contributed by atoms with Crippen LogP contribution in [0, 0.1) is 0 Å². The molecule has 6 heteroatoms. The molecule has 0 saturated carbocycles. The second-order valence-electron chi connectivity index (χ2n) is 5.45. The monoisotopic (exact) mass is 266 g/mol. The predicted molar refractivity (Wildman–Crippen MR) is 74.6 cm³/mol. The van der Waals surface area contributed by atoms with Crippen molar-refractivity contribution in [2.24, 2.45) is 5.73 Å². The van der Waals surface area contributed by atoms with Crippen molar-refractivity contribution in [2.75, 3.05) is 12.3 Å². The quantitative estimate of drug-likeness (QED) is 0.786. The summed E-state index contributed by atoms with van der Waals surface area (Å²) >= 11 is 0. The van der Waals surface area contributed by atoms with Gasteiger partial charge in [-0.05, 0) is 27.7 Å². The van der Waals surface area contributed by atoms with Crippen LogP contribution in [0.5, 0.6) is 0 Å². The Morgan fingerprint density at radius 2 is 2.16 bits per heavy atom. The molecule has 0 aliphatic rings. The number of nitrogen functional groups attached to an aromatic ring is 1. The van der Waals surface area contributed by atoms with Gasteiger partial charge in [0.1, 0.15) is 5.82 Å². The Balaban J connectivity index is 2.63. The Bertz CT molecular complexity index is 483. The van der Waals surface area contributed by atoms with Gasteiger partial charge >= 0.3 is 0 Å². The Morgan fingerprint density at radius 1 is 1.53 bits per heavy atom. The number of amides is 1. The number of anilines is 1. The maximum absolute atomic E-state index is 11.0. The van der Waals surface area contributed by atoms with Crippen molar-refractivity contribution >= 4 is 11.7 Å². The Hall–Kier alpha value is -1.82. The number of rotatable bonds is 5. The highest BCUT2D eigenvalue weighted by atomic mass is 16.5. The van der Waals surface area contributed by atoms with Gasteiger partial charge in [-0.2, -0.15) is 0 Å². The summed E-state index contributed by atoms with van der Waals surface area (Å²) in [6, 6.07) is 0. The third-order valence-electron chi connectivity index (χ3n) is 2.48. The molecule has 1 heterocycles. The molecule has 0 aliphatic heterocycles. The first-order valence-electron chi connectivity index (χ1n) is 6.10. The Labute approximate surface area is 113 Å². The zero-order valence-corrected chi connectivity index (χ0v) is 11.9. The molecule has 0 atom stereocenters. The van der Waals surface area contributed by atoms with Crippen molar-refractivity contribution in [1.82, 2.24) is 9.55 Å². The van der Waals surface area contributed by atoms with Crippen molar-refractivity contribution in [3.8, 4) is 0 Å². The second-order valence-corrected chi connectivity index (χ2v) is 5.45. The van der Waals surface area contributed by atoms with E-state index in [1.807, 2.05) is 33.8 Å². The number of nitrogens with zero attached hydrogens (tertiary/aromatic N) is 2. The van der Waals surface area contributed by atoms with Crippen LogP contribution in [-0.4, -0.2) is 27.7 Å². The van der Waals surface area contributed by atoms with Gasteiger partial charge in [-0.15, -0.1) is 0 Å². The van der Waals surface area contributed by atoms with Gasteiger partial charge in [-0.3, -0.25) is 4.79 Å². The highest BCUT2D eigenvalue weighted by molar-refractivity contribution is 5.95. The fraction of sp³-hybridized carbons (Fsp3) is 0.538. The van der Waals surface area contributed by atoms with E-state index < -0.39 is 5.91 Å². The first kappa shape index (κ1) is 15.2. The highest BCUT2D eigenvalue weighted by Crippen LogP contribution is 2.11. The maximum atomic E-state index is 11.0. The van der Waals surface area contributed by atoms with Gasteiger partial charge in [0.2, 0.25) is 0 Å². The molecule has 0 bridgehead atoms.